The van der Waals surface area contributed by atoms with Gasteiger partial charge in [0.1, 0.15) is 18.0 Å². The largest absolute Gasteiger partial charge is 0.477 e. The molecule has 1 fully saturated rings. The number of carbonyl (C=O) groups excluding carboxylic acids is 1. The Balaban J connectivity index is 2.19. The summed E-state index contributed by atoms with van der Waals surface area (Å²) in [7, 11) is 0. The summed E-state index contributed by atoms with van der Waals surface area (Å²) in [5.41, 5.74) is 4.92. The van der Waals surface area contributed by atoms with Crippen molar-refractivity contribution >= 4 is 29.2 Å². The summed E-state index contributed by atoms with van der Waals surface area (Å²) in [6.07, 6.45) is 3.11. The van der Waals surface area contributed by atoms with Gasteiger partial charge in [0.25, 0.3) is 0 Å². The number of aromatic nitrogens is 2. The molecule has 0 spiro atoms. The fourth-order valence-electron chi connectivity index (χ4n) is 2.26. The molecule has 1 aromatic heterocycles. The number of nitrogens with one attached hydrogen (secondary N) is 2. The molecule has 9 nitrogen and oxygen atoms in total. The van der Waals surface area contributed by atoms with Crippen molar-refractivity contribution in [2.24, 2.45) is 0 Å². The number of carbonyl (C=O) groups is 2. The van der Waals surface area contributed by atoms with Gasteiger partial charge in [-0.3, -0.25) is 10.2 Å². The number of anilines is 2. The molecule has 1 unspecified atom stereocenters. The molecule has 22 heavy (non-hydrogen) atoms. The van der Waals surface area contributed by atoms with Crippen molar-refractivity contribution in [3.63, 3.8) is 0 Å². The molecule has 0 aliphatic carbocycles. The molecule has 2 heterocycles. The minimum atomic E-state index is -1.42. The maximum Gasteiger partial charge on any atom is 0.354 e. The van der Waals surface area contributed by atoms with E-state index in [-0.39, 0.29) is 29.1 Å². The lowest BCUT2D eigenvalue weighted by Crippen LogP contribution is -2.31. The maximum atomic E-state index is 11.6. The lowest BCUT2D eigenvalue weighted by molar-refractivity contribution is -0.129. The Labute approximate surface area is 126 Å². The summed E-state index contributed by atoms with van der Waals surface area (Å²) in [5, 5.41) is 19.6. The van der Waals surface area contributed by atoms with Crippen LogP contribution in [-0.4, -0.2) is 56.7 Å². The average Bonchev–Trinajstić information content (AvgIpc) is 2.94. The quantitative estimate of drug-likeness (QED) is 0.432. The Morgan fingerprint density at radius 3 is 2.91 bits per heavy atom. The van der Waals surface area contributed by atoms with E-state index >= 15 is 0 Å². The molecule has 2 rings (SSSR count). The molecular formula is C13H16N6O3. The summed E-state index contributed by atoms with van der Waals surface area (Å²) in [6.45, 7) is 4.44. The topological polar surface area (TPSA) is 145 Å². The highest BCUT2D eigenvalue weighted by atomic mass is 16.4. The van der Waals surface area contributed by atoms with Crippen molar-refractivity contribution in [1.82, 2.24) is 14.9 Å². The monoisotopic (exact) mass is 304 g/mol. The lowest BCUT2D eigenvalue weighted by Gasteiger charge is -2.17. The van der Waals surface area contributed by atoms with Crippen LogP contribution in [0.25, 0.3) is 0 Å². The van der Waals surface area contributed by atoms with Crippen LogP contribution in [0.4, 0.5) is 11.6 Å². The van der Waals surface area contributed by atoms with Crippen LogP contribution in [0.1, 0.15) is 12.0 Å². The van der Waals surface area contributed by atoms with Crippen molar-refractivity contribution in [2.75, 3.05) is 24.1 Å². The second kappa shape index (κ2) is 6.20. The van der Waals surface area contributed by atoms with E-state index in [0.717, 1.165) is 0 Å². The third-order valence-corrected chi connectivity index (χ3v) is 3.36. The molecular weight excluding hydrogens is 288 g/mol. The number of carboxylic acid groups (broad SMARTS) is 1. The summed E-state index contributed by atoms with van der Waals surface area (Å²) in [5.74, 6) is -1.48. The normalized spacial score (nSPS) is 17.1. The zero-order valence-corrected chi connectivity index (χ0v) is 11.7. The van der Waals surface area contributed by atoms with Crippen LogP contribution in [-0.2, 0) is 9.59 Å². The van der Waals surface area contributed by atoms with Crippen LogP contribution < -0.4 is 11.1 Å². The van der Waals surface area contributed by atoms with E-state index in [4.69, 9.17) is 16.2 Å². The van der Waals surface area contributed by atoms with Gasteiger partial charge in [0.05, 0.1) is 5.56 Å². The average molecular weight is 304 g/mol. The van der Waals surface area contributed by atoms with Gasteiger partial charge in [-0.2, -0.15) is 0 Å². The van der Waals surface area contributed by atoms with E-state index in [2.05, 4.69) is 21.9 Å². The minimum absolute atomic E-state index is 0.0523. The van der Waals surface area contributed by atoms with Crippen molar-refractivity contribution < 1.29 is 14.7 Å². The zero-order chi connectivity index (χ0) is 16.3. The SMILES string of the molecule is C=CC(=O)N1CCC(Nc2ncnc(N)c2C(=N)C(=O)O)C1. The van der Waals surface area contributed by atoms with Gasteiger partial charge in [-0.05, 0) is 12.5 Å². The zero-order valence-electron chi connectivity index (χ0n) is 11.7. The predicted molar refractivity (Wildman–Crippen MR) is 79.7 cm³/mol. The van der Waals surface area contributed by atoms with Crippen molar-refractivity contribution in [3.8, 4) is 0 Å². The van der Waals surface area contributed by atoms with Crippen LogP contribution in [0.2, 0.25) is 0 Å². The third-order valence-electron chi connectivity index (χ3n) is 3.36. The number of rotatable bonds is 5. The summed E-state index contributed by atoms with van der Waals surface area (Å²) in [4.78, 5) is 31.9. The molecule has 0 bridgehead atoms. The second-order valence-electron chi connectivity index (χ2n) is 4.78. The standard InChI is InChI=1S/C13H16N6O3/c1-2-8(20)19-4-3-7(5-19)18-12-9(10(14)13(21)22)11(15)16-6-17-12/h2,6-7,14H,1,3-5H2,(H,21,22)(H3,15,16,17,18). The molecule has 1 atom stereocenters. The van der Waals surface area contributed by atoms with Crippen molar-refractivity contribution in [2.45, 2.75) is 12.5 Å². The number of likely N-dealkylation sites (tertiary alicyclic amines) is 1. The van der Waals surface area contributed by atoms with E-state index in [1.54, 1.807) is 4.90 Å². The Bertz CT molecular complexity index is 645. The van der Waals surface area contributed by atoms with Gasteiger partial charge in [-0.25, -0.2) is 14.8 Å². The van der Waals surface area contributed by atoms with Crippen molar-refractivity contribution in [1.29, 1.82) is 5.41 Å². The first-order chi connectivity index (χ1) is 10.4. The number of nitrogen functional groups attached to an aromatic ring is 1. The Kier molecular flexibility index (Phi) is 4.35. The molecule has 9 heteroatoms. The van der Waals surface area contributed by atoms with Gasteiger partial charge in [-0.15, -0.1) is 0 Å². The van der Waals surface area contributed by atoms with Crippen LogP contribution in [0.5, 0.6) is 0 Å². The fourth-order valence-corrected chi connectivity index (χ4v) is 2.26. The number of aliphatic carboxylic acids is 1. The van der Waals surface area contributed by atoms with Gasteiger partial charge in [0.15, 0.2) is 5.71 Å². The van der Waals surface area contributed by atoms with Gasteiger partial charge in [0.2, 0.25) is 5.91 Å². The maximum absolute atomic E-state index is 11.6. The molecule has 0 saturated carbocycles. The molecule has 1 saturated heterocycles. The van der Waals surface area contributed by atoms with Gasteiger partial charge < -0.3 is 21.1 Å². The summed E-state index contributed by atoms with van der Waals surface area (Å²) >= 11 is 0. The fraction of sp³-hybridized carbons (Fsp3) is 0.308. The first-order valence-electron chi connectivity index (χ1n) is 6.54. The molecule has 0 radical (unpaired) electrons. The van der Waals surface area contributed by atoms with Crippen LogP contribution in [0, 0.1) is 5.41 Å². The van der Waals surface area contributed by atoms with Gasteiger partial charge in [0, 0.05) is 19.1 Å². The molecule has 116 valence electrons. The van der Waals surface area contributed by atoms with Crippen molar-refractivity contribution in [3.05, 3.63) is 24.5 Å². The number of amides is 1. The Morgan fingerprint density at radius 1 is 1.55 bits per heavy atom. The molecule has 1 amide bonds. The molecule has 0 aromatic carbocycles. The molecule has 5 N–H and O–H groups in total. The van der Waals surface area contributed by atoms with Gasteiger partial charge >= 0.3 is 5.97 Å². The van der Waals surface area contributed by atoms with E-state index in [1.165, 1.54) is 12.4 Å². The van der Waals surface area contributed by atoms with Crippen LogP contribution >= 0.6 is 0 Å². The smallest absolute Gasteiger partial charge is 0.354 e. The van der Waals surface area contributed by atoms with E-state index < -0.39 is 11.7 Å². The first-order valence-corrected chi connectivity index (χ1v) is 6.54. The first kappa shape index (κ1) is 15.4. The minimum Gasteiger partial charge on any atom is -0.477 e. The number of hydrogen-bond acceptors (Lipinski definition) is 7. The van der Waals surface area contributed by atoms with E-state index in [1.807, 2.05) is 0 Å². The summed E-state index contributed by atoms with van der Waals surface area (Å²) < 4.78 is 0. The third kappa shape index (κ3) is 3.03. The number of nitrogens with zero attached hydrogens (tertiary/aromatic N) is 3. The van der Waals surface area contributed by atoms with Gasteiger partial charge in [-0.1, -0.05) is 6.58 Å². The van der Waals surface area contributed by atoms with Crippen LogP contribution in [0.15, 0.2) is 19.0 Å². The highest BCUT2D eigenvalue weighted by Crippen LogP contribution is 2.21. The number of nitrogens with two attached hydrogens (primary N) is 1. The Morgan fingerprint density at radius 2 is 2.27 bits per heavy atom. The number of hydrogen-bond donors (Lipinski definition) is 4. The molecule has 1 aliphatic heterocycles. The van der Waals surface area contributed by atoms with Crippen LogP contribution in [0.3, 0.4) is 0 Å². The summed E-state index contributed by atoms with van der Waals surface area (Å²) in [6, 6.07) is -0.112. The predicted octanol–water partition coefficient (Wildman–Crippen LogP) is -0.290. The van der Waals surface area contributed by atoms with E-state index in [9.17, 15) is 9.59 Å². The highest BCUT2D eigenvalue weighted by Gasteiger charge is 2.27. The van der Waals surface area contributed by atoms with E-state index in [0.29, 0.717) is 19.5 Å². The lowest BCUT2D eigenvalue weighted by atomic mass is 10.1. The molecule has 1 aromatic rings. The molecule has 1 aliphatic rings. The highest BCUT2D eigenvalue weighted by molar-refractivity contribution is 6.43. The Hall–Kier alpha value is -2.97. The second-order valence-corrected chi connectivity index (χ2v) is 4.78. The number of carboxylic acids is 1.